The fourth-order valence-electron chi connectivity index (χ4n) is 2.15. The lowest BCUT2D eigenvalue weighted by Crippen LogP contribution is -2.40. The molecule has 0 bridgehead atoms. The van der Waals surface area contributed by atoms with Crippen molar-refractivity contribution in [2.45, 2.75) is 31.7 Å². The van der Waals surface area contributed by atoms with Gasteiger partial charge in [0.05, 0.1) is 5.92 Å². The standard InChI is InChI=1S/C10H14N4O4/c11-8-7(13-18-14-8)9(15)12-6-3-1-2-5(4-6)10(16)17/h5-6H,1-4H2,(H2,11,14)(H,12,15)(H,16,17). The molecule has 8 nitrogen and oxygen atoms in total. The zero-order valence-corrected chi connectivity index (χ0v) is 9.63. The van der Waals surface area contributed by atoms with Crippen molar-refractivity contribution in [2.75, 3.05) is 5.73 Å². The molecule has 2 rings (SSSR count). The topological polar surface area (TPSA) is 131 Å². The van der Waals surface area contributed by atoms with Crippen LogP contribution >= 0.6 is 0 Å². The number of aliphatic carboxylic acids is 1. The van der Waals surface area contributed by atoms with Crippen LogP contribution in [0.2, 0.25) is 0 Å². The second kappa shape index (κ2) is 5.03. The lowest BCUT2D eigenvalue weighted by molar-refractivity contribution is -0.143. The molecule has 0 aromatic carbocycles. The molecule has 1 amide bonds. The monoisotopic (exact) mass is 254 g/mol. The van der Waals surface area contributed by atoms with Gasteiger partial charge in [-0.15, -0.1) is 0 Å². The minimum atomic E-state index is -0.823. The number of carbonyl (C=O) groups is 2. The van der Waals surface area contributed by atoms with E-state index in [4.69, 9.17) is 10.8 Å². The first-order valence-electron chi connectivity index (χ1n) is 5.69. The number of carbonyl (C=O) groups excluding carboxylic acids is 1. The number of anilines is 1. The van der Waals surface area contributed by atoms with Crippen molar-refractivity contribution in [3.8, 4) is 0 Å². The van der Waals surface area contributed by atoms with E-state index in [2.05, 4.69) is 20.3 Å². The van der Waals surface area contributed by atoms with Crippen LogP contribution in [0, 0.1) is 5.92 Å². The van der Waals surface area contributed by atoms with Gasteiger partial charge in [-0.3, -0.25) is 9.59 Å². The Kier molecular flexibility index (Phi) is 3.45. The highest BCUT2D eigenvalue weighted by molar-refractivity contribution is 5.96. The Hall–Kier alpha value is -2.12. The number of aromatic nitrogens is 2. The van der Waals surface area contributed by atoms with E-state index in [1.54, 1.807) is 0 Å². The average Bonchev–Trinajstić information content (AvgIpc) is 2.76. The second-order valence-electron chi connectivity index (χ2n) is 4.37. The third kappa shape index (κ3) is 2.58. The van der Waals surface area contributed by atoms with E-state index in [0.29, 0.717) is 12.8 Å². The third-order valence-corrected chi connectivity index (χ3v) is 3.09. The summed E-state index contributed by atoms with van der Waals surface area (Å²) in [5.41, 5.74) is 5.34. The van der Waals surface area contributed by atoms with Gasteiger partial charge < -0.3 is 16.2 Å². The van der Waals surface area contributed by atoms with Crippen LogP contribution < -0.4 is 11.1 Å². The first-order chi connectivity index (χ1) is 8.58. The number of rotatable bonds is 3. The van der Waals surface area contributed by atoms with E-state index in [1.807, 2.05) is 0 Å². The second-order valence-corrected chi connectivity index (χ2v) is 4.37. The number of carboxylic acid groups (broad SMARTS) is 1. The highest BCUT2D eigenvalue weighted by atomic mass is 16.6. The van der Waals surface area contributed by atoms with Crippen LogP contribution in [0.15, 0.2) is 4.63 Å². The summed E-state index contributed by atoms with van der Waals surface area (Å²) >= 11 is 0. The number of nitrogen functional groups attached to an aromatic ring is 1. The van der Waals surface area contributed by atoms with Gasteiger partial charge in [-0.25, -0.2) is 4.63 Å². The largest absolute Gasteiger partial charge is 0.481 e. The summed E-state index contributed by atoms with van der Waals surface area (Å²) < 4.78 is 4.33. The minimum absolute atomic E-state index is 0.0625. The van der Waals surface area contributed by atoms with Crippen LogP contribution in [0.1, 0.15) is 36.2 Å². The summed E-state index contributed by atoms with van der Waals surface area (Å²) in [4.78, 5) is 22.7. The summed E-state index contributed by atoms with van der Waals surface area (Å²) in [6.45, 7) is 0. The van der Waals surface area contributed by atoms with Gasteiger partial charge in [-0.2, -0.15) is 0 Å². The Bertz CT molecular complexity index is 458. The van der Waals surface area contributed by atoms with Gasteiger partial charge in [0, 0.05) is 6.04 Å². The quantitative estimate of drug-likeness (QED) is 0.693. The molecule has 0 aliphatic heterocycles. The first-order valence-corrected chi connectivity index (χ1v) is 5.69. The smallest absolute Gasteiger partial charge is 0.306 e. The predicted octanol–water partition coefficient (Wildman–Crippen LogP) is 0.0250. The Morgan fingerprint density at radius 3 is 2.78 bits per heavy atom. The Labute approximate surface area is 102 Å². The van der Waals surface area contributed by atoms with E-state index in [9.17, 15) is 9.59 Å². The van der Waals surface area contributed by atoms with Crippen LogP contribution in [0.3, 0.4) is 0 Å². The molecule has 1 aliphatic carbocycles. The van der Waals surface area contributed by atoms with E-state index in [1.165, 1.54) is 0 Å². The maximum atomic E-state index is 11.8. The molecule has 0 saturated heterocycles. The highest BCUT2D eigenvalue weighted by Crippen LogP contribution is 2.24. The number of amides is 1. The van der Waals surface area contributed by atoms with E-state index in [-0.39, 0.29) is 17.6 Å². The fraction of sp³-hybridized carbons (Fsp3) is 0.600. The molecular weight excluding hydrogens is 240 g/mol. The summed E-state index contributed by atoms with van der Waals surface area (Å²) in [5, 5.41) is 18.4. The molecule has 1 saturated carbocycles. The van der Waals surface area contributed by atoms with Crippen molar-refractivity contribution in [1.82, 2.24) is 15.6 Å². The molecule has 18 heavy (non-hydrogen) atoms. The van der Waals surface area contributed by atoms with Crippen LogP contribution in [-0.2, 0) is 4.79 Å². The Balaban J connectivity index is 1.95. The van der Waals surface area contributed by atoms with Crippen molar-refractivity contribution in [2.24, 2.45) is 5.92 Å². The minimum Gasteiger partial charge on any atom is -0.481 e. The molecule has 1 aromatic rings. The number of nitrogens with one attached hydrogen (secondary N) is 1. The molecule has 8 heteroatoms. The van der Waals surface area contributed by atoms with E-state index < -0.39 is 17.8 Å². The molecule has 0 spiro atoms. The number of nitrogens with two attached hydrogens (primary N) is 1. The zero-order valence-electron chi connectivity index (χ0n) is 9.63. The van der Waals surface area contributed by atoms with E-state index in [0.717, 1.165) is 12.8 Å². The molecule has 1 aliphatic rings. The van der Waals surface area contributed by atoms with Crippen LogP contribution in [0.25, 0.3) is 0 Å². The molecule has 1 fully saturated rings. The molecule has 2 atom stereocenters. The summed E-state index contributed by atoms with van der Waals surface area (Å²) in [7, 11) is 0. The van der Waals surface area contributed by atoms with Crippen molar-refractivity contribution < 1.29 is 19.3 Å². The van der Waals surface area contributed by atoms with Gasteiger partial charge >= 0.3 is 5.97 Å². The fourth-order valence-corrected chi connectivity index (χ4v) is 2.15. The van der Waals surface area contributed by atoms with Crippen LogP contribution in [0.5, 0.6) is 0 Å². The zero-order chi connectivity index (χ0) is 13.1. The molecule has 0 radical (unpaired) electrons. The molecular formula is C10H14N4O4. The summed E-state index contributed by atoms with van der Waals surface area (Å²) in [6.07, 6.45) is 2.59. The van der Waals surface area contributed by atoms with Gasteiger partial charge in [0.15, 0.2) is 0 Å². The number of hydrogen-bond donors (Lipinski definition) is 3. The lowest BCUT2D eigenvalue weighted by Gasteiger charge is -2.26. The van der Waals surface area contributed by atoms with Gasteiger partial charge in [0.2, 0.25) is 11.5 Å². The van der Waals surface area contributed by atoms with E-state index >= 15 is 0 Å². The summed E-state index contributed by atoms with van der Waals surface area (Å²) in [5.74, 6) is -1.78. The first kappa shape index (κ1) is 12.3. The SMILES string of the molecule is Nc1nonc1C(=O)NC1CCCC(C(=O)O)C1. The molecule has 1 heterocycles. The molecule has 4 N–H and O–H groups in total. The maximum absolute atomic E-state index is 11.8. The van der Waals surface area contributed by atoms with Gasteiger partial charge in [0.1, 0.15) is 0 Å². The van der Waals surface area contributed by atoms with Crippen molar-refractivity contribution in [3.63, 3.8) is 0 Å². The van der Waals surface area contributed by atoms with Crippen LogP contribution in [-0.4, -0.2) is 33.3 Å². The Morgan fingerprint density at radius 1 is 1.39 bits per heavy atom. The predicted molar refractivity (Wildman–Crippen MR) is 59.6 cm³/mol. The highest BCUT2D eigenvalue weighted by Gasteiger charge is 2.29. The van der Waals surface area contributed by atoms with Crippen molar-refractivity contribution in [3.05, 3.63) is 5.69 Å². The average molecular weight is 254 g/mol. The van der Waals surface area contributed by atoms with Gasteiger partial charge in [0.25, 0.3) is 5.91 Å². The van der Waals surface area contributed by atoms with Crippen LogP contribution in [0.4, 0.5) is 5.82 Å². The summed E-state index contributed by atoms with van der Waals surface area (Å²) in [6, 6.07) is -0.177. The van der Waals surface area contributed by atoms with Crippen molar-refractivity contribution >= 4 is 17.7 Å². The number of nitrogens with zero attached hydrogens (tertiary/aromatic N) is 2. The van der Waals surface area contributed by atoms with Gasteiger partial charge in [-0.1, -0.05) is 6.42 Å². The maximum Gasteiger partial charge on any atom is 0.306 e. The molecule has 2 unspecified atom stereocenters. The third-order valence-electron chi connectivity index (χ3n) is 3.09. The molecule has 1 aromatic heterocycles. The Morgan fingerprint density at radius 2 is 2.17 bits per heavy atom. The number of carboxylic acids is 1. The number of hydrogen-bond acceptors (Lipinski definition) is 6. The lowest BCUT2D eigenvalue weighted by atomic mass is 9.86. The molecule has 98 valence electrons. The van der Waals surface area contributed by atoms with Gasteiger partial charge in [-0.05, 0) is 29.6 Å². The normalized spacial score (nSPS) is 23.6. The van der Waals surface area contributed by atoms with Crippen molar-refractivity contribution in [1.29, 1.82) is 0 Å².